The molecule has 6 heteroatoms. The van der Waals surface area contributed by atoms with Gasteiger partial charge in [-0.15, -0.1) is 0 Å². The number of thioether (sulfide) groups is 1. The Bertz CT molecular complexity index is 425. The van der Waals surface area contributed by atoms with Crippen LogP contribution in [0.15, 0.2) is 24.3 Å². The van der Waals surface area contributed by atoms with Gasteiger partial charge in [-0.05, 0) is 17.7 Å². The minimum atomic E-state index is -0.0647. The lowest BCUT2D eigenvalue weighted by molar-refractivity contribution is -0.127. The molecule has 0 spiro atoms. The first kappa shape index (κ1) is 13.9. The minimum absolute atomic E-state index is 0.0468. The van der Waals surface area contributed by atoms with Crippen molar-refractivity contribution in [3.63, 3.8) is 0 Å². The minimum Gasteiger partial charge on any atom is -0.379 e. The summed E-state index contributed by atoms with van der Waals surface area (Å²) in [6.07, 6.45) is 0. The second-order valence-electron chi connectivity index (χ2n) is 3.53. The van der Waals surface area contributed by atoms with Crippen LogP contribution in [0.5, 0.6) is 0 Å². The second-order valence-corrected chi connectivity index (χ2v) is 4.99. The van der Waals surface area contributed by atoms with E-state index in [1.54, 1.807) is 18.0 Å². The van der Waals surface area contributed by atoms with Crippen molar-refractivity contribution in [1.29, 1.82) is 5.41 Å². The molecule has 0 aliphatic rings. The smallest absolute Gasteiger partial charge is 0.233 e. The molecule has 0 atom stereocenters. The maximum Gasteiger partial charge on any atom is 0.233 e. The van der Waals surface area contributed by atoms with Gasteiger partial charge in [0.05, 0.1) is 5.75 Å². The third kappa shape index (κ3) is 5.10. The van der Waals surface area contributed by atoms with Crippen LogP contribution in [-0.4, -0.2) is 28.8 Å². The van der Waals surface area contributed by atoms with Crippen LogP contribution < -0.4 is 5.73 Å². The number of rotatable bonds is 4. The zero-order valence-corrected chi connectivity index (χ0v) is 11.0. The molecule has 0 unspecified atom stereocenters. The summed E-state index contributed by atoms with van der Waals surface area (Å²) in [6.45, 7) is 0.498. The molecule has 0 bridgehead atoms. The molecule has 1 aromatic rings. The molecule has 0 radical (unpaired) electrons. The van der Waals surface area contributed by atoms with Crippen LogP contribution in [0.4, 0.5) is 0 Å². The van der Waals surface area contributed by atoms with Crippen LogP contribution in [0.25, 0.3) is 0 Å². The van der Waals surface area contributed by atoms with E-state index in [0.29, 0.717) is 11.6 Å². The normalized spacial score (nSPS) is 10.0. The number of hydrogen-bond acceptors (Lipinski definition) is 3. The van der Waals surface area contributed by atoms with Gasteiger partial charge in [-0.1, -0.05) is 35.5 Å². The molecular formula is C11H14ClN3OS. The maximum absolute atomic E-state index is 11.7. The number of carbonyl (C=O) groups excluding carboxylic acids is 1. The summed E-state index contributed by atoms with van der Waals surface area (Å²) in [5.41, 5.74) is 6.14. The fourth-order valence-electron chi connectivity index (χ4n) is 1.25. The molecule has 3 N–H and O–H groups in total. The maximum atomic E-state index is 11.7. The van der Waals surface area contributed by atoms with Crippen molar-refractivity contribution in [1.82, 2.24) is 4.90 Å². The van der Waals surface area contributed by atoms with E-state index in [9.17, 15) is 4.79 Å². The Morgan fingerprint density at radius 1 is 1.59 bits per heavy atom. The number of hydrogen-bond donors (Lipinski definition) is 2. The third-order valence-corrected chi connectivity index (χ3v) is 3.02. The predicted octanol–water partition coefficient (Wildman–Crippen LogP) is 1.93. The molecule has 0 saturated heterocycles. The summed E-state index contributed by atoms with van der Waals surface area (Å²) >= 11 is 6.88. The monoisotopic (exact) mass is 271 g/mol. The van der Waals surface area contributed by atoms with Gasteiger partial charge in [-0.3, -0.25) is 10.2 Å². The van der Waals surface area contributed by atoms with Gasteiger partial charge in [0.15, 0.2) is 5.17 Å². The number of halogens is 1. The lowest BCUT2D eigenvalue weighted by Gasteiger charge is -2.17. The largest absolute Gasteiger partial charge is 0.379 e. The van der Waals surface area contributed by atoms with Gasteiger partial charge in [0, 0.05) is 18.6 Å². The second kappa shape index (κ2) is 6.51. The van der Waals surface area contributed by atoms with E-state index in [-0.39, 0.29) is 16.8 Å². The first-order valence-corrected chi connectivity index (χ1v) is 6.30. The number of nitrogens with zero attached hydrogens (tertiary/aromatic N) is 1. The summed E-state index contributed by atoms with van der Waals surface area (Å²) in [7, 11) is 1.71. The van der Waals surface area contributed by atoms with Crippen molar-refractivity contribution in [3.05, 3.63) is 34.9 Å². The standard InChI is InChI=1S/C11H14ClN3OS/c1-15(10(16)7-17-11(13)14)6-8-3-2-4-9(12)5-8/h2-5H,6-7H2,1H3,(H3,13,14). The number of carbonyl (C=O) groups is 1. The molecule has 4 nitrogen and oxygen atoms in total. The number of amides is 1. The Kier molecular flexibility index (Phi) is 5.31. The Morgan fingerprint density at radius 2 is 2.29 bits per heavy atom. The number of nitrogens with two attached hydrogens (primary N) is 1. The van der Waals surface area contributed by atoms with Gasteiger partial charge in [0.1, 0.15) is 0 Å². The van der Waals surface area contributed by atoms with Gasteiger partial charge in [-0.25, -0.2) is 0 Å². The van der Waals surface area contributed by atoms with Crippen LogP contribution in [0, 0.1) is 5.41 Å². The highest BCUT2D eigenvalue weighted by atomic mass is 35.5. The Hall–Kier alpha value is -1.20. The highest BCUT2D eigenvalue weighted by Crippen LogP contribution is 2.12. The van der Waals surface area contributed by atoms with E-state index < -0.39 is 0 Å². The van der Waals surface area contributed by atoms with Crippen molar-refractivity contribution in [2.24, 2.45) is 5.73 Å². The van der Waals surface area contributed by atoms with Gasteiger partial charge in [-0.2, -0.15) is 0 Å². The average molecular weight is 272 g/mol. The summed E-state index contributed by atoms with van der Waals surface area (Å²) in [5.74, 6) is 0.122. The quantitative estimate of drug-likeness (QED) is 0.649. The molecule has 0 heterocycles. The highest BCUT2D eigenvalue weighted by molar-refractivity contribution is 8.14. The molecule has 92 valence electrons. The molecule has 1 amide bonds. The van der Waals surface area contributed by atoms with Crippen molar-refractivity contribution < 1.29 is 4.79 Å². The molecule has 1 rings (SSSR count). The van der Waals surface area contributed by atoms with Crippen LogP contribution in [0.1, 0.15) is 5.56 Å². The van der Waals surface area contributed by atoms with E-state index in [2.05, 4.69) is 0 Å². The lowest BCUT2D eigenvalue weighted by Crippen LogP contribution is -2.28. The van der Waals surface area contributed by atoms with E-state index >= 15 is 0 Å². The molecule has 17 heavy (non-hydrogen) atoms. The first-order chi connectivity index (χ1) is 7.99. The van der Waals surface area contributed by atoms with Crippen LogP contribution in [-0.2, 0) is 11.3 Å². The van der Waals surface area contributed by atoms with Gasteiger partial charge in [0.25, 0.3) is 0 Å². The number of nitrogens with one attached hydrogen (secondary N) is 1. The molecule has 0 aromatic heterocycles. The van der Waals surface area contributed by atoms with Crippen LogP contribution in [0.2, 0.25) is 5.02 Å². The summed E-state index contributed by atoms with van der Waals surface area (Å²) in [4.78, 5) is 13.2. The molecule has 1 aromatic carbocycles. The number of amidine groups is 1. The highest BCUT2D eigenvalue weighted by Gasteiger charge is 2.10. The van der Waals surface area contributed by atoms with Gasteiger partial charge < -0.3 is 10.6 Å². The number of benzene rings is 1. The predicted molar refractivity (Wildman–Crippen MR) is 72.3 cm³/mol. The fraction of sp³-hybridized carbons (Fsp3) is 0.273. The molecule has 0 aliphatic heterocycles. The molecular weight excluding hydrogens is 258 g/mol. The zero-order chi connectivity index (χ0) is 12.8. The van der Waals surface area contributed by atoms with E-state index in [4.69, 9.17) is 22.7 Å². The fourth-order valence-corrected chi connectivity index (χ4v) is 1.96. The average Bonchev–Trinajstić information content (AvgIpc) is 2.25. The SMILES string of the molecule is CN(Cc1cccc(Cl)c1)C(=O)CSC(=N)N. The van der Waals surface area contributed by atoms with E-state index in [1.165, 1.54) is 0 Å². The Labute approximate surface area is 110 Å². The molecule has 0 saturated carbocycles. The van der Waals surface area contributed by atoms with Crippen molar-refractivity contribution in [2.75, 3.05) is 12.8 Å². The summed E-state index contributed by atoms with van der Waals surface area (Å²) in [5, 5.41) is 7.64. The van der Waals surface area contributed by atoms with E-state index in [1.807, 2.05) is 18.2 Å². The Morgan fingerprint density at radius 3 is 2.88 bits per heavy atom. The van der Waals surface area contributed by atoms with Crippen molar-refractivity contribution in [2.45, 2.75) is 6.54 Å². The topological polar surface area (TPSA) is 70.2 Å². The zero-order valence-electron chi connectivity index (χ0n) is 9.44. The van der Waals surface area contributed by atoms with Crippen LogP contribution >= 0.6 is 23.4 Å². The summed E-state index contributed by atoms with van der Waals surface area (Å²) in [6, 6.07) is 7.37. The van der Waals surface area contributed by atoms with Crippen molar-refractivity contribution >= 4 is 34.4 Å². The first-order valence-electron chi connectivity index (χ1n) is 4.94. The lowest BCUT2D eigenvalue weighted by atomic mass is 10.2. The molecule has 0 aliphatic carbocycles. The van der Waals surface area contributed by atoms with Gasteiger partial charge in [0.2, 0.25) is 5.91 Å². The Balaban J connectivity index is 2.51. The van der Waals surface area contributed by atoms with Crippen LogP contribution in [0.3, 0.4) is 0 Å². The van der Waals surface area contributed by atoms with E-state index in [0.717, 1.165) is 17.3 Å². The summed E-state index contributed by atoms with van der Waals surface area (Å²) < 4.78 is 0. The third-order valence-electron chi connectivity index (χ3n) is 2.09. The van der Waals surface area contributed by atoms with Crippen molar-refractivity contribution in [3.8, 4) is 0 Å². The molecule has 0 fully saturated rings. The van der Waals surface area contributed by atoms with Gasteiger partial charge >= 0.3 is 0 Å².